The highest BCUT2D eigenvalue weighted by molar-refractivity contribution is 5.85. The van der Waals surface area contributed by atoms with E-state index in [-0.39, 0.29) is 48.5 Å². The molecule has 0 bridgehead atoms. The lowest BCUT2D eigenvalue weighted by atomic mass is 9.88. The minimum Gasteiger partial charge on any atom is -0.381 e. The van der Waals surface area contributed by atoms with Crippen LogP contribution in [-0.4, -0.2) is 67.9 Å². The summed E-state index contributed by atoms with van der Waals surface area (Å²) in [6, 6.07) is 0. The van der Waals surface area contributed by atoms with E-state index in [9.17, 15) is 4.79 Å². The van der Waals surface area contributed by atoms with Crippen molar-refractivity contribution in [2.75, 3.05) is 39.4 Å². The van der Waals surface area contributed by atoms with Crippen LogP contribution in [0, 0.1) is 0 Å². The molecule has 1 amide bonds. The predicted octanol–water partition coefficient (Wildman–Crippen LogP) is 1.10. The first kappa shape index (κ1) is 21.9. The summed E-state index contributed by atoms with van der Waals surface area (Å²) in [6.45, 7) is 5.08. The molecule has 3 rings (SSSR count). The molecule has 3 fully saturated rings. The van der Waals surface area contributed by atoms with E-state index in [1.165, 1.54) is 12.8 Å². The van der Waals surface area contributed by atoms with Crippen molar-refractivity contribution in [3.05, 3.63) is 0 Å². The number of hydrogen-bond donors (Lipinski definition) is 2. The highest BCUT2D eigenvalue weighted by Crippen LogP contribution is 2.31. The summed E-state index contributed by atoms with van der Waals surface area (Å²) in [6.07, 6.45) is 5.94. The molecule has 0 aliphatic carbocycles. The maximum Gasteiger partial charge on any atom is 0.249 e. The van der Waals surface area contributed by atoms with Gasteiger partial charge in [-0.25, -0.2) is 0 Å². The van der Waals surface area contributed by atoms with Crippen molar-refractivity contribution in [2.45, 2.75) is 56.3 Å². The molecule has 0 spiro atoms. The third-order valence-electron chi connectivity index (χ3n) is 5.45. The van der Waals surface area contributed by atoms with Crippen molar-refractivity contribution in [3.63, 3.8) is 0 Å². The average Bonchev–Trinajstić information content (AvgIpc) is 3.24. The maximum absolute atomic E-state index is 12.4. The van der Waals surface area contributed by atoms with Gasteiger partial charge in [0.1, 0.15) is 6.10 Å². The zero-order valence-electron chi connectivity index (χ0n) is 14.2. The van der Waals surface area contributed by atoms with Gasteiger partial charge in [-0.1, -0.05) is 0 Å². The third kappa shape index (κ3) is 4.96. The van der Waals surface area contributed by atoms with E-state index in [1.807, 2.05) is 0 Å². The Morgan fingerprint density at radius 3 is 2.42 bits per heavy atom. The van der Waals surface area contributed by atoms with Gasteiger partial charge in [-0.2, -0.15) is 0 Å². The molecule has 2 atom stereocenters. The van der Waals surface area contributed by atoms with E-state index in [4.69, 9.17) is 15.2 Å². The quantitative estimate of drug-likeness (QED) is 0.742. The monoisotopic (exact) mass is 383 g/mol. The number of carbonyl (C=O) groups excluding carboxylic acids is 1. The Morgan fingerprint density at radius 2 is 1.83 bits per heavy atom. The molecular formula is C16H31Cl2N3O3. The number of likely N-dealkylation sites (tertiary alicyclic amines) is 1. The van der Waals surface area contributed by atoms with Crippen LogP contribution in [0.25, 0.3) is 0 Å². The summed E-state index contributed by atoms with van der Waals surface area (Å²) in [5, 5.41) is 3.15. The van der Waals surface area contributed by atoms with Crippen LogP contribution in [0.1, 0.15) is 38.5 Å². The lowest BCUT2D eigenvalue weighted by Crippen LogP contribution is -2.58. The van der Waals surface area contributed by atoms with Gasteiger partial charge in [0.2, 0.25) is 5.91 Å². The first-order chi connectivity index (χ1) is 10.7. The molecule has 3 saturated heterocycles. The van der Waals surface area contributed by atoms with E-state index in [2.05, 4.69) is 10.2 Å². The van der Waals surface area contributed by atoms with E-state index in [1.54, 1.807) is 0 Å². The molecule has 0 unspecified atom stereocenters. The Hall–Kier alpha value is -0.110. The summed E-state index contributed by atoms with van der Waals surface area (Å²) in [7, 11) is 0. The fourth-order valence-electron chi connectivity index (χ4n) is 3.99. The number of rotatable bonds is 5. The average molecular weight is 384 g/mol. The summed E-state index contributed by atoms with van der Waals surface area (Å²) in [4.78, 5) is 14.9. The predicted molar refractivity (Wildman–Crippen MR) is 98.0 cm³/mol. The van der Waals surface area contributed by atoms with Crippen LogP contribution in [0.3, 0.4) is 0 Å². The largest absolute Gasteiger partial charge is 0.381 e. The Morgan fingerprint density at radius 1 is 1.17 bits per heavy atom. The lowest BCUT2D eigenvalue weighted by Gasteiger charge is -2.44. The number of nitrogens with two attached hydrogens (primary N) is 1. The minimum absolute atomic E-state index is 0. The fraction of sp³-hybridized carbons (Fsp3) is 0.938. The SMILES string of the molecule is Cl.Cl.NC[C@H]1CC[C@@H](C(=O)NCC2(N3CCCC3)CCOCC2)O1. The van der Waals surface area contributed by atoms with E-state index < -0.39 is 0 Å². The number of halogens is 2. The van der Waals surface area contributed by atoms with Gasteiger partial charge in [0.25, 0.3) is 0 Å². The molecule has 0 aromatic heterocycles. The van der Waals surface area contributed by atoms with Crippen LogP contribution in [0.5, 0.6) is 0 Å². The summed E-state index contributed by atoms with van der Waals surface area (Å²) in [5.41, 5.74) is 5.69. The van der Waals surface area contributed by atoms with Crippen molar-refractivity contribution in [1.29, 1.82) is 0 Å². The Balaban J connectivity index is 0.00000144. The van der Waals surface area contributed by atoms with Gasteiger partial charge >= 0.3 is 0 Å². The highest BCUT2D eigenvalue weighted by Gasteiger charge is 2.40. The van der Waals surface area contributed by atoms with Crippen LogP contribution in [0.2, 0.25) is 0 Å². The van der Waals surface area contributed by atoms with E-state index in [0.717, 1.165) is 52.0 Å². The standard InChI is InChI=1S/C16H29N3O3.2ClH/c17-11-13-3-4-14(22-13)15(20)18-12-16(5-9-21-10-6-16)19-7-1-2-8-19;;/h13-14H,1-12,17H2,(H,18,20);2*1H/t13-,14+;;/m1../s1. The van der Waals surface area contributed by atoms with Crippen LogP contribution >= 0.6 is 24.8 Å². The molecule has 0 saturated carbocycles. The Labute approximate surface area is 157 Å². The molecule has 3 aliphatic rings. The first-order valence-corrected chi connectivity index (χ1v) is 8.69. The number of hydrogen-bond acceptors (Lipinski definition) is 5. The van der Waals surface area contributed by atoms with Gasteiger partial charge < -0.3 is 20.5 Å². The molecule has 3 N–H and O–H groups in total. The zero-order valence-corrected chi connectivity index (χ0v) is 15.8. The van der Waals surface area contributed by atoms with Crippen molar-refractivity contribution in [3.8, 4) is 0 Å². The number of ether oxygens (including phenoxy) is 2. The zero-order chi connectivity index (χ0) is 15.4. The van der Waals surface area contributed by atoms with Crippen molar-refractivity contribution in [2.24, 2.45) is 5.73 Å². The Bertz CT molecular complexity index is 389. The molecule has 3 heterocycles. The van der Waals surface area contributed by atoms with Crippen molar-refractivity contribution >= 4 is 30.7 Å². The molecule has 0 radical (unpaired) electrons. The lowest BCUT2D eigenvalue weighted by molar-refractivity contribution is -0.133. The molecular weight excluding hydrogens is 353 g/mol. The second-order valence-electron chi connectivity index (χ2n) is 6.81. The van der Waals surface area contributed by atoms with Crippen molar-refractivity contribution in [1.82, 2.24) is 10.2 Å². The van der Waals surface area contributed by atoms with Gasteiger partial charge in [-0.3, -0.25) is 9.69 Å². The topological polar surface area (TPSA) is 76.8 Å². The van der Waals surface area contributed by atoms with Crippen LogP contribution in [0.4, 0.5) is 0 Å². The third-order valence-corrected chi connectivity index (χ3v) is 5.45. The van der Waals surface area contributed by atoms with Gasteiger partial charge in [-0.15, -0.1) is 24.8 Å². The highest BCUT2D eigenvalue weighted by atomic mass is 35.5. The summed E-state index contributed by atoms with van der Waals surface area (Å²) < 4.78 is 11.2. The van der Waals surface area contributed by atoms with Crippen LogP contribution < -0.4 is 11.1 Å². The van der Waals surface area contributed by atoms with E-state index >= 15 is 0 Å². The van der Waals surface area contributed by atoms with Gasteiger partial charge in [0.15, 0.2) is 0 Å². The molecule has 3 aliphatic heterocycles. The smallest absolute Gasteiger partial charge is 0.249 e. The van der Waals surface area contributed by atoms with E-state index in [0.29, 0.717) is 13.1 Å². The molecule has 142 valence electrons. The van der Waals surface area contributed by atoms with Crippen molar-refractivity contribution < 1.29 is 14.3 Å². The van der Waals surface area contributed by atoms with Crippen LogP contribution in [0.15, 0.2) is 0 Å². The Kier molecular flexibility index (Phi) is 9.27. The maximum atomic E-state index is 12.4. The number of carbonyl (C=O) groups is 1. The van der Waals surface area contributed by atoms with Gasteiger partial charge in [0, 0.05) is 31.8 Å². The molecule has 8 heteroatoms. The fourth-order valence-corrected chi connectivity index (χ4v) is 3.99. The second kappa shape index (κ2) is 10.1. The van der Waals surface area contributed by atoms with Gasteiger partial charge in [-0.05, 0) is 51.6 Å². The summed E-state index contributed by atoms with van der Waals surface area (Å²) in [5.74, 6) is 0.0287. The molecule has 0 aromatic rings. The molecule has 6 nitrogen and oxygen atoms in total. The number of nitrogens with one attached hydrogen (secondary N) is 1. The number of nitrogens with zero attached hydrogens (tertiary/aromatic N) is 1. The number of amides is 1. The molecule has 0 aromatic carbocycles. The first-order valence-electron chi connectivity index (χ1n) is 8.69. The van der Waals surface area contributed by atoms with Gasteiger partial charge in [0.05, 0.1) is 6.10 Å². The normalized spacial score (nSPS) is 29.5. The minimum atomic E-state index is -0.316. The van der Waals surface area contributed by atoms with Crippen LogP contribution in [-0.2, 0) is 14.3 Å². The molecule has 24 heavy (non-hydrogen) atoms. The second-order valence-corrected chi connectivity index (χ2v) is 6.81. The summed E-state index contributed by atoms with van der Waals surface area (Å²) >= 11 is 0.